The molecule has 4 nitrogen and oxygen atoms in total. The van der Waals surface area contributed by atoms with Crippen molar-refractivity contribution in [1.29, 1.82) is 0 Å². The van der Waals surface area contributed by atoms with Gasteiger partial charge in [0, 0.05) is 12.6 Å². The molecule has 0 aromatic carbocycles. The second-order valence-electron chi connectivity index (χ2n) is 5.39. The first-order valence-corrected chi connectivity index (χ1v) is 5.84. The number of hydrogen-bond acceptors (Lipinski definition) is 3. The Hall–Kier alpha value is -0.610. The zero-order chi connectivity index (χ0) is 12.9. The van der Waals surface area contributed by atoms with Crippen LogP contribution in [0.25, 0.3) is 0 Å². The monoisotopic (exact) mass is 231 g/mol. The molecule has 0 amide bonds. The smallest absolute Gasteiger partial charge is 0.307 e. The largest absolute Gasteiger partial charge is 0.481 e. The lowest BCUT2D eigenvalue weighted by Gasteiger charge is -2.28. The van der Waals surface area contributed by atoms with Crippen molar-refractivity contribution >= 4 is 5.97 Å². The Labute approximate surface area is 98.1 Å². The van der Waals surface area contributed by atoms with Crippen LogP contribution in [0.4, 0.5) is 0 Å². The summed E-state index contributed by atoms with van der Waals surface area (Å²) in [4.78, 5) is 10.7. The SMILES string of the molecule is CC(C)CC(C)(O)CNC(C)C(C)C(=O)O. The highest BCUT2D eigenvalue weighted by atomic mass is 16.4. The highest BCUT2D eigenvalue weighted by Gasteiger charge is 2.25. The molecule has 96 valence electrons. The van der Waals surface area contributed by atoms with Crippen molar-refractivity contribution in [3.63, 3.8) is 0 Å². The molecular weight excluding hydrogens is 206 g/mol. The molecule has 0 saturated heterocycles. The van der Waals surface area contributed by atoms with Gasteiger partial charge in [-0.2, -0.15) is 0 Å². The van der Waals surface area contributed by atoms with E-state index in [1.165, 1.54) is 0 Å². The Balaban J connectivity index is 4.08. The molecule has 0 aliphatic rings. The molecule has 0 fully saturated rings. The zero-order valence-corrected chi connectivity index (χ0v) is 10.9. The van der Waals surface area contributed by atoms with Gasteiger partial charge in [0.1, 0.15) is 0 Å². The molecular formula is C12H25NO3. The van der Waals surface area contributed by atoms with E-state index in [4.69, 9.17) is 5.11 Å². The molecule has 0 saturated carbocycles. The zero-order valence-electron chi connectivity index (χ0n) is 10.9. The standard InChI is InChI=1S/C12H25NO3/c1-8(2)6-12(5,16)7-13-10(4)9(3)11(14)15/h8-10,13,16H,6-7H2,1-5H3,(H,14,15). The van der Waals surface area contributed by atoms with Gasteiger partial charge in [0.2, 0.25) is 0 Å². The van der Waals surface area contributed by atoms with Crippen molar-refractivity contribution in [2.45, 2.75) is 52.7 Å². The molecule has 0 aromatic rings. The van der Waals surface area contributed by atoms with E-state index >= 15 is 0 Å². The minimum Gasteiger partial charge on any atom is -0.481 e. The van der Waals surface area contributed by atoms with Gasteiger partial charge in [0.15, 0.2) is 0 Å². The number of carboxylic acids is 1. The van der Waals surface area contributed by atoms with Gasteiger partial charge < -0.3 is 15.5 Å². The van der Waals surface area contributed by atoms with E-state index in [0.717, 1.165) is 0 Å². The molecule has 4 heteroatoms. The molecule has 0 aromatic heterocycles. The van der Waals surface area contributed by atoms with Crippen LogP contribution in [0.5, 0.6) is 0 Å². The van der Waals surface area contributed by atoms with Crippen LogP contribution in [-0.4, -0.2) is 34.4 Å². The first-order valence-electron chi connectivity index (χ1n) is 5.84. The maximum Gasteiger partial charge on any atom is 0.307 e. The minimum atomic E-state index is -0.816. The van der Waals surface area contributed by atoms with Gasteiger partial charge in [0.05, 0.1) is 11.5 Å². The van der Waals surface area contributed by atoms with Gasteiger partial charge in [-0.1, -0.05) is 20.8 Å². The maximum atomic E-state index is 10.7. The predicted octanol–water partition coefficient (Wildman–Crippen LogP) is 1.48. The number of nitrogens with one attached hydrogen (secondary N) is 1. The summed E-state index contributed by atoms with van der Waals surface area (Å²) in [5.41, 5.74) is -0.777. The first-order chi connectivity index (χ1) is 7.15. The second-order valence-corrected chi connectivity index (χ2v) is 5.39. The summed E-state index contributed by atoms with van der Waals surface area (Å²) in [6.07, 6.45) is 0.703. The lowest BCUT2D eigenvalue weighted by atomic mass is 9.93. The van der Waals surface area contributed by atoms with Crippen LogP contribution < -0.4 is 5.32 Å². The molecule has 0 aliphatic carbocycles. The highest BCUT2D eigenvalue weighted by Crippen LogP contribution is 2.15. The Kier molecular flexibility index (Phi) is 5.97. The van der Waals surface area contributed by atoms with Gasteiger partial charge in [-0.15, -0.1) is 0 Å². The van der Waals surface area contributed by atoms with E-state index in [2.05, 4.69) is 19.2 Å². The highest BCUT2D eigenvalue weighted by molar-refractivity contribution is 5.70. The molecule has 3 N–H and O–H groups in total. The number of carbonyl (C=O) groups is 1. The lowest BCUT2D eigenvalue weighted by molar-refractivity contribution is -0.142. The molecule has 0 heterocycles. The number of rotatable bonds is 7. The molecule has 3 atom stereocenters. The molecule has 0 bridgehead atoms. The topological polar surface area (TPSA) is 69.6 Å². The van der Waals surface area contributed by atoms with Crippen LogP contribution in [0.1, 0.15) is 41.0 Å². The Morgan fingerprint density at radius 2 is 1.81 bits per heavy atom. The third kappa shape index (κ3) is 6.08. The number of aliphatic carboxylic acids is 1. The third-order valence-electron chi connectivity index (χ3n) is 2.79. The molecule has 3 unspecified atom stereocenters. The van der Waals surface area contributed by atoms with Gasteiger partial charge in [-0.25, -0.2) is 0 Å². The Morgan fingerprint density at radius 3 is 2.19 bits per heavy atom. The van der Waals surface area contributed by atoms with E-state index in [-0.39, 0.29) is 6.04 Å². The van der Waals surface area contributed by atoms with Gasteiger partial charge in [-0.3, -0.25) is 4.79 Å². The number of carboxylic acid groups (broad SMARTS) is 1. The fourth-order valence-corrected chi connectivity index (χ4v) is 1.72. The Morgan fingerprint density at radius 1 is 1.31 bits per heavy atom. The summed E-state index contributed by atoms with van der Waals surface area (Å²) in [5.74, 6) is -0.845. The summed E-state index contributed by atoms with van der Waals surface area (Å²) in [7, 11) is 0. The molecule has 0 aliphatic heterocycles. The van der Waals surface area contributed by atoms with E-state index in [9.17, 15) is 9.90 Å². The van der Waals surface area contributed by atoms with Crippen molar-refractivity contribution in [1.82, 2.24) is 5.32 Å². The number of hydrogen-bond donors (Lipinski definition) is 3. The van der Waals surface area contributed by atoms with Crippen LogP contribution in [0.2, 0.25) is 0 Å². The first kappa shape index (κ1) is 15.4. The van der Waals surface area contributed by atoms with Crippen LogP contribution in [0.3, 0.4) is 0 Å². The van der Waals surface area contributed by atoms with Gasteiger partial charge in [-0.05, 0) is 26.2 Å². The van der Waals surface area contributed by atoms with E-state index in [1.807, 2.05) is 6.92 Å². The molecule has 0 rings (SSSR count). The second kappa shape index (κ2) is 6.21. The summed E-state index contributed by atoms with van der Waals surface area (Å²) >= 11 is 0. The maximum absolute atomic E-state index is 10.7. The van der Waals surface area contributed by atoms with Crippen LogP contribution >= 0.6 is 0 Å². The van der Waals surface area contributed by atoms with Crippen molar-refractivity contribution in [3.8, 4) is 0 Å². The average molecular weight is 231 g/mol. The summed E-state index contributed by atoms with van der Waals surface area (Å²) < 4.78 is 0. The molecule has 0 radical (unpaired) electrons. The van der Waals surface area contributed by atoms with E-state index < -0.39 is 17.5 Å². The van der Waals surface area contributed by atoms with Crippen LogP contribution in [0.15, 0.2) is 0 Å². The van der Waals surface area contributed by atoms with Crippen molar-refractivity contribution < 1.29 is 15.0 Å². The molecule has 16 heavy (non-hydrogen) atoms. The summed E-state index contributed by atoms with van der Waals surface area (Å²) in [6.45, 7) is 9.79. The van der Waals surface area contributed by atoms with E-state index in [1.54, 1.807) is 13.8 Å². The summed E-state index contributed by atoms with van der Waals surface area (Å²) in [5, 5.41) is 21.9. The normalized spacial score (nSPS) is 19.2. The van der Waals surface area contributed by atoms with Crippen LogP contribution in [-0.2, 0) is 4.79 Å². The number of aliphatic hydroxyl groups is 1. The minimum absolute atomic E-state index is 0.142. The van der Waals surface area contributed by atoms with E-state index in [0.29, 0.717) is 18.9 Å². The Bertz CT molecular complexity index is 226. The van der Waals surface area contributed by atoms with Crippen LogP contribution in [0, 0.1) is 11.8 Å². The fraction of sp³-hybridized carbons (Fsp3) is 0.917. The fourth-order valence-electron chi connectivity index (χ4n) is 1.72. The van der Waals surface area contributed by atoms with Crippen molar-refractivity contribution in [2.75, 3.05) is 6.54 Å². The molecule has 0 spiro atoms. The summed E-state index contributed by atoms with van der Waals surface area (Å²) in [6, 6.07) is -0.142. The van der Waals surface area contributed by atoms with Gasteiger partial charge in [0.25, 0.3) is 0 Å². The van der Waals surface area contributed by atoms with Gasteiger partial charge >= 0.3 is 5.97 Å². The predicted molar refractivity (Wildman–Crippen MR) is 64.3 cm³/mol. The van der Waals surface area contributed by atoms with Crippen molar-refractivity contribution in [2.24, 2.45) is 11.8 Å². The average Bonchev–Trinajstić information content (AvgIpc) is 2.10. The van der Waals surface area contributed by atoms with Crippen molar-refractivity contribution in [3.05, 3.63) is 0 Å². The quantitative estimate of drug-likeness (QED) is 0.621. The third-order valence-corrected chi connectivity index (χ3v) is 2.79. The lowest BCUT2D eigenvalue weighted by Crippen LogP contribution is -2.45.